The number of halogens is 1. The molecule has 2 unspecified atom stereocenters. The zero-order chi connectivity index (χ0) is 9.47. The van der Waals surface area contributed by atoms with Gasteiger partial charge in [0.2, 0.25) is 0 Å². The van der Waals surface area contributed by atoms with Crippen molar-refractivity contribution in [1.29, 1.82) is 0 Å². The molecule has 1 fully saturated rings. The van der Waals surface area contributed by atoms with E-state index >= 15 is 0 Å². The molecule has 0 spiro atoms. The molecular weight excluding hydrogens is 182 g/mol. The molecule has 1 aromatic rings. The molecule has 2 heteroatoms. The third kappa shape index (κ3) is 1.87. The van der Waals surface area contributed by atoms with E-state index in [1.807, 2.05) is 12.1 Å². The van der Waals surface area contributed by atoms with E-state index in [0.717, 1.165) is 17.9 Å². The van der Waals surface area contributed by atoms with Crippen molar-refractivity contribution in [1.82, 2.24) is 0 Å². The van der Waals surface area contributed by atoms with Crippen LogP contribution in [-0.4, -0.2) is 6.04 Å². The highest BCUT2D eigenvalue weighted by Crippen LogP contribution is 2.46. The van der Waals surface area contributed by atoms with Crippen molar-refractivity contribution < 1.29 is 0 Å². The van der Waals surface area contributed by atoms with Gasteiger partial charge >= 0.3 is 0 Å². The van der Waals surface area contributed by atoms with Crippen LogP contribution < -0.4 is 5.73 Å². The van der Waals surface area contributed by atoms with Crippen molar-refractivity contribution >= 4 is 11.6 Å². The zero-order valence-electron chi connectivity index (χ0n) is 7.76. The van der Waals surface area contributed by atoms with Crippen LogP contribution in [0.25, 0.3) is 0 Å². The van der Waals surface area contributed by atoms with Gasteiger partial charge in [-0.15, -0.1) is 0 Å². The first kappa shape index (κ1) is 9.04. The average molecular weight is 196 g/mol. The van der Waals surface area contributed by atoms with E-state index in [4.69, 9.17) is 17.3 Å². The van der Waals surface area contributed by atoms with Gasteiger partial charge in [-0.3, -0.25) is 0 Å². The van der Waals surface area contributed by atoms with E-state index in [1.165, 1.54) is 5.56 Å². The van der Waals surface area contributed by atoms with Crippen LogP contribution in [0.3, 0.4) is 0 Å². The molecule has 0 amide bonds. The van der Waals surface area contributed by atoms with Crippen LogP contribution in [0.15, 0.2) is 24.3 Å². The summed E-state index contributed by atoms with van der Waals surface area (Å²) in [5, 5.41) is 0.800. The van der Waals surface area contributed by atoms with Gasteiger partial charge in [0.1, 0.15) is 0 Å². The quantitative estimate of drug-likeness (QED) is 0.772. The molecule has 1 saturated carbocycles. The Labute approximate surface area is 83.9 Å². The van der Waals surface area contributed by atoms with E-state index in [1.54, 1.807) is 0 Å². The predicted molar refractivity (Wildman–Crippen MR) is 55.9 cm³/mol. The lowest BCUT2D eigenvalue weighted by atomic mass is 9.98. The average Bonchev–Trinajstić information content (AvgIpc) is 2.65. The van der Waals surface area contributed by atoms with Gasteiger partial charge in [-0.05, 0) is 36.0 Å². The van der Waals surface area contributed by atoms with E-state index < -0.39 is 0 Å². The summed E-state index contributed by atoms with van der Waals surface area (Å²) in [7, 11) is 0. The topological polar surface area (TPSA) is 26.0 Å². The van der Waals surface area contributed by atoms with E-state index in [0.29, 0.717) is 11.5 Å². The summed E-state index contributed by atoms with van der Waals surface area (Å²) < 4.78 is 0. The second-order valence-corrected chi connectivity index (χ2v) is 4.70. The van der Waals surface area contributed by atoms with Gasteiger partial charge in [0.05, 0.1) is 0 Å². The van der Waals surface area contributed by atoms with Gasteiger partial charge in [-0.1, -0.05) is 30.7 Å². The fourth-order valence-corrected chi connectivity index (χ4v) is 1.84. The number of hydrogen-bond donors (Lipinski definition) is 1. The second kappa shape index (κ2) is 3.00. The molecule has 0 radical (unpaired) electrons. The minimum Gasteiger partial charge on any atom is -0.327 e. The summed E-state index contributed by atoms with van der Waals surface area (Å²) in [5.41, 5.74) is 7.53. The Kier molecular flexibility index (Phi) is 2.09. The molecule has 2 rings (SSSR count). The van der Waals surface area contributed by atoms with Crippen LogP contribution in [0.5, 0.6) is 0 Å². The highest BCUT2D eigenvalue weighted by Gasteiger charge is 2.46. The van der Waals surface area contributed by atoms with E-state index in [2.05, 4.69) is 19.1 Å². The molecular formula is C11H14ClN. The Hall–Kier alpha value is -0.530. The minimum atomic E-state index is 0.341. The molecule has 1 nitrogen and oxygen atoms in total. The van der Waals surface area contributed by atoms with Crippen LogP contribution >= 0.6 is 11.6 Å². The standard InChI is InChI=1S/C11H14ClN/c1-11(7-10(11)13)6-8-2-4-9(12)5-3-8/h2-5,10H,6-7,13H2,1H3. The van der Waals surface area contributed by atoms with Gasteiger partial charge < -0.3 is 5.73 Å². The molecule has 1 aliphatic carbocycles. The normalized spacial score (nSPS) is 31.8. The first-order valence-corrected chi connectivity index (χ1v) is 4.98. The maximum absolute atomic E-state index is 5.85. The summed E-state index contributed by atoms with van der Waals surface area (Å²) in [6.07, 6.45) is 2.22. The monoisotopic (exact) mass is 195 g/mol. The first-order chi connectivity index (χ1) is 6.10. The van der Waals surface area contributed by atoms with Crippen molar-refractivity contribution in [3.8, 4) is 0 Å². The van der Waals surface area contributed by atoms with Crippen LogP contribution in [0.4, 0.5) is 0 Å². The smallest absolute Gasteiger partial charge is 0.0406 e. The number of benzene rings is 1. The number of rotatable bonds is 2. The zero-order valence-corrected chi connectivity index (χ0v) is 8.51. The Morgan fingerprint density at radius 3 is 2.46 bits per heavy atom. The maximum atomic E-state index is 5.85. The molecule has 0 aromatic heterocycles. The Morgan fingerprint density at radius 1 is 1.46 bits per heavy atom. The van der Waals surface area contributed by atoms with Crippen LogP contribution in [0, 0.1) is 5.41 Å². The van der Waals surface area contributed by atoms with Gasteiger partial charge in [0.25, 0.3) is 0 Å². The van der Waals surface area contributed by atoms with Crippen molar-refractivity contribution in [2.24, 2.45) is 11.1 Å². The van der Waals surface area contributed by atoms with E-state index in [-0.39, 0.29) is 0 Å². The molecule has 2 atom stereocenters. The fraction of sp³-hybridized carbons (Fsp3) is 0.455. The fourth-order valence-electron chi connectivity index (χ4n) is 1.72. The Balaban J connectivity index is 2.07. The van der Waals surface area contributed by atoms with Crippen molar-refractivity contribution in [3.63, 3.8) is 0 Å². The lowest BCUT2D eigenvalue weighted by molar-refractivity contribution is 0.544. The first-order valence-electron chi connectivity index (χ1n) is 4.60. The molecule has 13 heavy (non-hydrogen) atoms. The lowest BCUT2D eigenvalue weighted by Gasteiger charge is -2.08. The van der Waals surface area contributed by atoms with Crippen LogP contribution in [0.2, 0.25) is 5.02 Å². The Bertz CT molecular complexity index is 306. The van der Waals surface area contributed by atoms with Crippen molar-refractivity contribution in [2.75, 3.05) is 0 Å². The summed E-state index contributed by atoms with van der Waals surface area (Å²) in [6, 6.07) is 8.43. The third-order valence-corrected chi connectivity index (χ3v) is 3.19. The summed E-state index contributed by atoms with van der Waals surface area (Å²) >= 11 is 5.80. The maximum Gasteiger partial charge on any atom is 0.0406 e. The van der Waals surface area contributed by atoms with Gasteiger partial charge in [-0.25, -0.2) is 0 Å². The van der Waals surface area contributed by atoms with Gasteiger partial charge in [0.15, 0.2) is 0 Å². The van der Waals surface area contributed by atoms with Crippen LogP contribution in [-0.2, 0) is 6.42 Å². The van der Waals surface area contributed by atoms with Crippen molar-refractivity contribution in [3.05, 3.63) is 34.9 Å². The number of nitrogens with two attached hydrogens (primary N) is 1. The van der Waals surface area contributed by atoms with Gasteiger partial charge in [-0.2, -0.15) is 0 Å². The second-order valence-electron chi connectivity index (χ2n) is 4.27. The molecule has 2 N–H and O–H groups in total. The van der Waals surface area contributed by atoms with E-state index in [9.17, 15) is 0 Å². The molecule has 0 aliphatic heterocycles. The summed E-state index contributed by atoms with van der Waals surface area (Å²) in [6.45, 7) is 2.24. The predicted octanol–water partition coefficient (Wildman–Crippen LogP) is 2.62. The minimum absolute atomic E-state index is 0.341. The Morgan fingerprint density at radius 2 is 2.00 bits per heavy atom. The molecule has 0 bridgehead atoms. The molecule has 0 heterocycles. The summed E-state index contributed by atoms with van der Waals surface area (Å²) in [4.78, 5) is 0. The summed E-state index contributed by atoms with van der Waals surface area (Å²) in [5.74, 6) is 0. The molecule has 70 valence electrons. The largest absolute Gasteiger partial charge is 0.327 e. The lowest BCUT2D eigenvalue weighted by Crippen LogP contribution is -2.12. The third-order valence-electron chi connectivity index (χ3n) is 2.94. The highest BCUT2D eigenvalue weighted by molar-refractivity contribution is 6.30. The highest BCUT2D eigenvalue weighted by atomic mass is 35.5. The van der Waals surface area contributed by atoms with Crippen LogP contribution in [0.1, 0.15) is 18.9 Å². The SMILES string of the molecule is CC1(Cc2ccc(Cl)cc2)CC1N. The van der Waals surface area contributed by atoms with Crippen molar-refractivity contribution in [2.45, 2.75) is 25.8 Å². The number of hydrogen-bond acceptors (Lipinski definition) is 1. The molecule has 1 aliphatic rings. The molecule has 1 aromatic carbocycles. The van der Waals surface area contributed by atoms with Gasteiger partial charge in [0, 0.05) is 11.1 Å². The molecule has 0 saturated heterocycles.